The van der Waals surface area contributed by atoms with Crippen molar-refractivity contribution in [3.63, 3.8) is 0 Å². The highest BCUT2D eigenvalue weighted by Gasteiger charge is 2.30. The molecule has 2 rings (SSSR count). The molecule has 1 heterocycles. The van der Waals surface area contributed by atoms with Gasteiger partial charge in [-0.1, -0.05) is 12.1 Å². The maximum Gasteiger partial charge on any atom is 0.416 e. The van der Waals surface area contributed by atoms with Crippen molar-refractivity contribution >= 4 is 11.8 Å². The first kappa shape index (κ1) is 13.1. The van der Waals surface area contributed by atoms with E-state index >= 15 is 0 Å². The quantitative estimate of drug-likeness (QED) is 0.603. The molecule has 0 saturated carbocycles. The molecule has 0 amide bonds. The monoisotopic (exact) mass is 267 g/mol. The van der Waals surface area contributed by atoms with Crippen LogP contribution in [0.15, 0.2) is 39.7 Å². The number of benzene rings is 1. The van der Waals surface area contributed by atoms with E-state index in [1.165, 1.54) is 24.3 Å². The van der Waals surface area contributed by atoms with E-state index in [2.05, 4.69) is 4.99 Å². The second-order valence-electron chi connectivity index (χ2n) is 3.83. The summed E-state index contributed by atoms with van der Waals surface area (Å²) in [7, 11) is 0. The Morgan fingerprint density at radius 1 is 1.21 bits per heavy atom. The van der Waals surface area contributed by atoms with Crippen molar-refractivity contribution in [3.05, 3.63) is 41.7 Å². The van der Waals surface area contributed by atoms with Gasteiger partial charge in [-0.05, 0) is 19.1 Å². The van der Waals surface area contributed by atoms with E-state index in [-0.39, 0.29) is 0 Å². The van der Waals surface area contributed by atoms with E-state index in [0.717, 1.165) is 12.1 Å². The van der Waals surface area contributed by atoms with E-state index in [4.69, 9.17) is 4.42 Å². The van der Waals surface area contributed by atoms with Crippen LogP contribution in [-0.4, -0.2) is 6.08 Å². The number of aliphatic imine (C=N–C) groups is 1. The van der Waals surface area contributed by atoms with Gasteiger partial charge in [0.05, 0.1) is 5.56 Å². The molecule has 0 aliphatic heterocycles. The molecule has 19 heavy (non-hydrogen) atoms. The van der Waals surface area contributed by atoms with Crippen LogP contribution in [0.4, 0.5) is 18.9 Å². The molecule has 3 nitrogen and oxygen atoms in total. The fraction of sp³-hybridized carbons (Fsp3) is 0.154. The summed E-state index contributed by atoms with van der Waals surface area (Å²) < 4.78 is 42.6. The number of carbonyl (C=O) groups excluding carboxylic acids is 1. The first-order chi connectivity index (χ1) is 8.91. The lowest BCUT2D eigenvalue weighted by molar-refractivity contribution is -0.137. The average Bonchev–Trinajstić information content (AvgIpc) is 2.71. The maximum atomic E-state index is 12.4. The summed E-state index contributed by atoms with van der Waals surface area (Å²) in [6.07, 6.45) is -2.99. The summed E-state index contributed by atoms with van der Waals surface area (Å²) in [5.41, 5.74) is 0.0546. The topological polar surface area (TPSA) is 42.6 Å². The number of alkyl halides is 3. The van der Waals surface area contributed by atoms with Crippen LogP contribution in [0.25, 0.3) is 11.3 Å². The van der Waals surface area contributed by atoms with Gasteiger partial charge in [0.15, 0.2) is 0 Å². The molecule has 0 fully saturated rings. The molecule has 2 aromatic rings. The normalized spacial score (nSPS) is 11.2. The van der Waals surface area contributed by atoms with E-state index < -0.39 is 11.7 Å². The van der Waals surface area contributed by atoms with Gasteiger partial charge in [0.1, 0.15) is 17.2 Å². The largest absolute Gasteiger partial charge is 0.459 e. The molecule has 0 radical (unpaired) electrons. The van der Waals surface area contributed by atoms with Gasteiger partial charge in [-0.3, -0.25) is 0 Å². The zero-order chi connectivity index (χ0) is 14.0. The number of hydrogen-bond acceptors (Lipinski definition) is 3. The van der Waals surface area contributed by atoms with Crippen LogP contribution in [0.3, 0.4) is 0 Å². The van der Waals surface area contributed by atoms with Gasteiger partial charge in [0, 0.05) is 11.6 Å². The predicted molar refractivity (Wildman–Crippen MR) is 61.7 cm³/mol. The first-order valence-corrected chi connectivity index (χ1v) is 5.28. The van der Waals surface area contributed by atoms with E-state index in [1.807, 2.05) is 0 Å². The zero-order valence-electron chi connectivity index (χ0n) is 9.78. The Hall–Kier alpha value is -2.33. The van der Waals surface area contributed by atoms with Crippen molar-refractivity contribution in [1.29, 1.82) is 0 Å². The lowest BCUT2D eigenvalue weighted by Gasteiger charge is -2.06. The van der Waals surface area contributed by atoms with E-state index in [1.54, 1.807) is 6.92 Å². The number of furan rings is 1. The van der Waals surface area contributed by atoms with Crippen molar-refractivity contribution in [3.8, 4) is 11.3 Å². The predicted octanol–water partition coefficient (Wildman–Crippen LogP) is 4.24. The van der Waals surface area contributed by atoms with Crippen LogP contribution in [-0.2, 0) is 11.0 Å². The van der Waals surface area contributed by atoms with Crippen molar-refractivity contribution in [2.24, 2.45) is 4.99 Å². The molecule has 0 bridgehead atoms. The lowest BCUT2D eigenvalue weighted by atomic mass is 10.1. The molecule has 6 heteroatoms. The third-order valence-electron chi connectivity index (χ3n) is 2.55. The molecule has 0 spiro atoms. The SMILES string of the molecule is Cc1oc(-c2ccc(C(F)(F)F)cc2)cc1N=C=O. The minimum absolute atomic E-state index is 0.310. The summed E-state index contributed by atoms with van der Waals surface area (Å²) in [6, 6.07) is 6.01. The molecule has 0 atom stereocenters. The van der Waals surface area contributed by atoms with Crippen LogP contribution in [0.2, 0.25) is 0 Å². The minimum Gasteiger partial charge on any atom is -0.459 e. The Kier molecular flexibility index (Phi) is 3.27. The highest BCUT2D eigenvalue weighted by atomic mass is 19.4. The lowest BCUT2D eigenvalue weighted by Crippen LogP contribution is -2.03. The molecular weight excluding hydrogens is 259 g/mol. The van der Waals surface area contributed by atoms with Gasteiger partial charge >= 0.3 is 6.18 Å². The molecule has 0 aliphatic carbocycles. The van der Waals surface area contributed by atoms with Crippen molar-refractivity contribution in [2.45, 2.75) is 13.1 Å². The summed E-state index contributed by atoms with van der Waals surface area (Å²) in [6.45, 7) is 1.60. The van der Waals surface area contributed by atoms with Crippen LogP contribution >= 0.6 is 0 Å². The first-order valence-electron chi connectivity index (χ1n) is 5.28. The summed E-state index contributed by atoms with van der Waals surface area (Å²) >= 11 is 0. The third kappa shape index (κ3) is 2.74. The number of rotatable bonds is 2. The van der Waals surface area contributed by atoms with E-state index in [0.29, 0.717) is 22.8 Å². The van der Waals surface area contributed by atoms with Gasteiger partial charge < -0.3 is 4.42 Å². The van der Waals surface area contributed by atoms with Crippen LogP contribution in [0.1, 0.15) is 11.3 Å². The highest BCUT2D eigenvalue weighted by molar-refractivity contribution is 5.65. The fourth-order valence-corrected chi connectivity index (χ4v) is 1.60. The average molecular weight is 267 g/mol. The minimum atomic E-state index is -4.37. The molecule has 0 N–H and O–H groups in total. The molecule has 1 aromatic heterocycles. The summed E-state index contributed by atoms with van der Waals surface area (Å²) in [5.74, 6) is 0.749. The standard InChI is InChI=1S/C13H8F3NO2/c1-8-11(17-7-18)6-12(19-8)9-2-4-10(5-3-9)13(14,15)16/h2-6H,1H3. The smallest absolute Gasteiger partial charge is 0.416 e. The van der Waals surface area contributed by atoms with Gasteiger partial charge in [-0.2, -0.15) is 18.2 Å². The zero-order valence-corrected chi connectivity index (χ0v) is 9.78. The number of isocyanates is 1. The van der Waals surface area contributed by atoms with Crippen molar-refractivity contribution in [2.75, 3.05) is 0 Å². The summed E-state index contributed by atoms with van der Waals surface area (Å²) in [5, 5.41) is 0. The van der Waals surface area contributed by atoms with Gasteiger partial charge in [0.25, 0.3) is 0 Å². The van der Waals surface area contributed by atoms with Crippen LogP contribution < -0.4 is 0 Å². The Bertz CT molecular complexity index is 635. The molecule has 98 valence electrons. The molecule has 0 saturated heterocycles. The Morgan fingerprint density at radius 3 is 2.37 bits per heavy atom. The van der Waals surface area contributed by atoms with Gasteiger partial charge in [-0.15, -0.1) is 0 Å². The Balaban J connectivity index is 2.37. The molecule has 1 aromatic carbocycles. The van der Waals surface area contributed by atoms with Crippen molar-refractivity contribution in [1.82, 2.24) is 0 Å². The number of aryl methyl sites for hydroxylation is 1. The second kappa shape index (κ2) is 4.74. The molecular formula is C13H8F3NO2. The van der Waals surface area contributed by atoms with Crippen LogP contribution in [0.5, 0.6) is 0 Å². The molecule has 0 unspecified atom stereocenters. The Labute approximate surface area is 106 Å². The summed E-state index contributed by atoms with van der Waals surface area (Å²) in [4.78, 5) is 13.6. The third-order valence-corrected chi connectivity index (χ3v) is 2.55. The van der Waals surface area contributed by atoms with E-state index in [9.17, 15) is 18.0 Å². The maximum absolute atomic E-state index is 12.4. The fourth-order valence-electron chi connectivity index (χ4n) is 1.60. The second-order valence-corrected chi connectivity index (χ2v) is 3.83. The highest BCUT2D eigenvalue weighted by Crippen LogP contribution is 2.33. The van der Waals surface area contributed by atoms with Gasteiger partial charge in [-0.25, -0.2) is 4.79 Å². The Morgan fingerprint density at radius 2 is 1.84 bits per heavy atom. The number of halogens is 3. The molecule has 0 aliphatic rings. The van der Waals surface area contributed by atoms with Gasteiger partial charge in [0.2, 0.25) is 6.08 Å². The van der Waals surface area contributed by atoms with Crippen LogP contribution in [0, 0.1) is 6.92 Å². The number of nitrogens with zero attached hydrogens (tertiary/aromatic N) is 1. The number of hydrogen-bond donors (Lipinski definition) is 0. The van der Waals surface area contributed by atoms with Crippen molar-refractivity contribution < 1.29 is 22.4 Å².